The molecule has 2 aliphatic heterocycles. The zero-order chi connectivity index (χ0) is 19.9. The van der Waals surface area contributed by atoms with E-state index in [1.54, 1.807) is 0 Å². The SMILES string of the molecule is C1=Cc2cc3ccc([nH]3)c(-c3ccccc3)c3nc(cc4ccc(cc1n2)[nH]4)C=C3.[Zn]. The van der Waals surface area contributed by atoms with Crippen LogP contribution in [0.1, 0.15) is 22.8 Å². The van der Waals surface area contributed by atoms with E-state index in [9.17, 15) is 0 Å². The molecule has 0 amide bonds. The molecule has 0 aliphatic carbocycles. The summed E-state index contributed by atoms with van der Waals surface area (Å²) in [6, 6.07) is 24.9. The molecular weight excluding hydrogens is 434 g/mol. The molecule has 0 saturated carbocycles. The number of H-pyrrole nitrogens is 2. The van der Waals surface area contributed by atoms with E-state index in [4.69, 9.17) is 9.97 Å². The minimum absolute atomic E-state index is 0. The van der Waals surface area contributed by atoms with Crippen molar-refractivity contribution in [2.45, 2.75) is 0 Å². The van der Waals surface area contributed by atoms with Gasteiger partial charge in [0.05, 0.1) is 22.8 Å². The van der Waals surface area contributed by atoms with E-state index in [0.29, 0.717) is 0 Å². The van der Waals surface area contributed by atoms with Crippen LogP contribution in [-0.2, 0) is 19.5 Å². The molecule has 144 valence electrons. The Hall–Kier alpha value is -3.56. The molecule has 0 saturated heterocycles. The fraction of sp³-hybridized carbons (Fsp3) is 0. The van der Waals surface area contributed by atoms with Crippen LogP contribution in [0, 0.1) is 0 Å². The Labute approximate surface area is 192 Å². The summed E-state index contributed by atoms with van der Waals surface area (Å²) in [5.74, 6) is 0. The summed E-state index contributed by atoms with van der Waals surface area (Å²) in [5, 5.41) is 0. The molecule has 3 aromatic heterocycles. The molecule has 2 N–H and O–H groups in total. The van der Waals surface area contributed by atoms with Crippen molar-refractivity contribution in [3.8, 4) is 11.1 Å². The zero-order valence-corrected chi connectivity index (χ0v) is 19.8. The van der Waals surface area contributed by atoms with E-state index in [1.807, 2.05) is 24.3 Å². The van der Waals surface area contributed by atoms with Crippen molar-refractivity contribution in [2.24, 2.45) is 0 Å². The first-order valence-corrected chi connectivity index (χ1v) is 9.93. The number of nitrogens with zero attached hydrogens (tertiary/aromatic N) is 2. The first kappa shape index (κ1) is 19.4. The van der Waals surface area contributed by atoms with Crippen LogP contribution in [0.5, 0.6) is 0 Å². The van der Waals surface area contributed by atoms with Crippen molar-refractivity contribution in [1.82, 2.24) is 19.9 Å². The zero-order valence-electron chi connectivity index (χ0n) is 16.8. The van der Waals surface area contributed by atoms with E-state index in [-0.39, 0.29) is 19.5 Å². The standard InChI is InChI=1S/C26H18N4.Zn/c1-2-4-17(5-3-1)26-24-12-10-22(29-24)15-20-8-6-18(27-20)14-19-7-9-21(28-19)16-23-11-13-25(26)30-23;/h1-16,27,30H;. The summed E-state index contributed by atoms with van der Waals surface area (Å²) >= 11 is 0. The molecule has 0 atom stereocenters. The van der Waals surface area contributed by atoms with Crippen LogP contribution in [0.25, 0.3) is 57.5 Å². The van der Waals surface area contributed by atoms with Crippen molar-refractivity contribution in [3.63, 3.8) is 0 Å². The summed E-state index contributed by atoms with van der Waals surface area (Å²) in [6.07, 6.45) is 8.20. The third-order valence-corrected chi connectivity index (χ3v) is 5.28. The molecule has 5 heterocycles. The van der Waals surface area contributed by atoms with Gasteiger partial charge >= 0.3 is 0 Å². The monoisotopic (exact) mass is 450 g/mol. The second-order valence-corrected chi connectivity index (χ2v) is 7.42. The molecule has 0 radical (unpaired) electrons. The van der Waals surface area contributed by atoms with E-state index < -0.39 is 0 Å². The Kier molecular flexibility index (Phi) is 4.97. The Morgan fingerprint density at radius 3 is 1.84 bits per heavy atom. The smallest absolute Gasteiger partial charge is 0.0736 e. The molecule has 0 unspecified atom stereocenters. The summed E-state index contributed by atoms with van der Waals surface area (Å²) in [4.78, 5) is 16.6. The largest absolute Gasteiger partial charge is 0.355 e. The quantitative estimate of drug-likeness (QED) is 0.287. The average Bonchev–Trinajstić information content (AvgIpc) is 3.54. The maximum absolute atomic E-state index is 4.91. The van der Waals surface area contributed by atoms with E-state index in [2.05, 4.69) is 82.8 Å². The Morgan fingerprint density at radius 1 is 0.548 bits per heavy atom. The first-order chi connectivity index (χ1) is 14.8. The molecule has 6 rings (SSSR count). The predicted octanol–water partition coefficient (Wildman–Crippen LogP) is 6.32. The van der Waals surface area contributed by atoms with Crippen molar-refractivity contribution in [3.05, 3.63) is 95.6 Å². The van der Waals surface area contributed by atoms with Gasteiger partial charge in [-0.2, -0.15) is 0 Å². The van der Waals surface area contributed by atoms with Gasteiger partial charge in [0.25, 0.3) is 0 Å². The van der Waals surface area contributed by atoms with Crippen LogP contribution in [0.3, 0.4) is 0 Å². The van der Waals surface area contributed by atoms with Crippen molar-refractivity contribution < 1.29 is 19.5 Å². The predicted molar refractivity (Wildman–Crippen MR) is 124 cm³/mol. The molecule has 31 heavy (non-hydrogen) atoms. The van der Waals surface area contributed by atoms with Gasteiger partial charge in [0.1, 0.15) is 0 Å². The topological polar surface area (TPSA) is 57.4 Å². The van der Waals surface area contributed by atoms with Crippen LogP contribution in [0.15, 0.2) is 72.8 Å². The Balaban J connectivity index is 0.00000204. The van der Waals surface area contributed by atoms with E-state index in [1.165, 1.54) is 0 Å². The number of hydrogen-bond donors (Lipinski definition) is 2. The number of aromatic nitrogens is 4. The van der Waals surface area contributed by atoms with Gasteiger partial charge in [0.2, 0.25) is 0 Å². The van der Waals surface area contributed by atoms with Gasteiger partial charge in [-0.1, -0.05) is 30.3 Å². The molecule has 1 aromatic carbocycles. The summed E-state index contributed by atoms with van der Waals surface area (Å²) in [6.45, 7) is 0. The number of aromatic amines is 2. The number of hydrogen-bond acceptors (Lipinski definition) is 2. The van der Waals surface area contributed by atoms with Gasteiger partial charge in [-0.25, -0.2) is 9.97 Å². The second-order valence-electron chi connectivity index (χ2n) is 7.42. The molecule has 2 aliphatic rings. The molecule has 0 spiro atoms. The maximum Gasteiger partial charge on any atom is 0.0736 e. The van der Waals surface area contributed by atoms with Gasteiger partial charge in [-0.15, -0.1) is 0 Å². The van der Waals surface area contributed by atoms with Crippen LogP contribution < -0.4 is 0 Å². The average molecular weight is 452 g/mol. The van der Waals surface area contributed by atoms with Crippen LogP contribution in [0.4, 0.5) is 0 Å². The Bertz CT molecular complexity index is 1490. The molecule has 8 bridgehead atoms. The fourth-order valence-electron chi connectivity index (χ4n) is 3.92. The fourth-order valence-corrected chi connectivity index (χ4v) is 3.92. The molecule has 4 nitrogen and oxygen atoms in total. The van der Waals surface area contributed by atoms with Gasteiger partial charge < -0.3 is 9.97 Å². The van der Waals surface area contributed by atoms with Gasteiger partial charge in [0, 0.05) is 47.1 Å². The summed E-state index contributed by atoms with van der Waals surface area (Å²) in [7, 11) is 0. The normalized spacial score (nSPS) is 12.0. The minimum atomic E-state index is 0. The van der Waals surface area contributed by atoms with Crippen molar-refractivity contribution in [1.29, 1.82) is 0 Å². The third-order valence-electron chi connectivity index (χ3n) is 5.28. The van der Waals surface area contributed by atoms with Crippen molar-refractivity contribution >= 4 is 46.4 Å². The summed E-state index contributed by atoms with van der Waals surface area (Å²) in [5.41, 5.74) is 10.0. The summed E-state index contributed by atoms with van der Waals surface area (Å²) < 4.78 is 0. The second kappa shape index (κ2) is 7.94. The third kappa shape index (κ3) is 3.80. The van der Waals surface area contributed by atoms with Gasteiger partial charge in [0.15, 0.2) is 0 Å². The minimum Gasteiger partial charge on any atom is -0.355 e. The van der Waals surface area contributed by atoms with Gasteiger partial charge in [-0.3, -0.25) is 0 Å². The van der Waals surface area contributed by atoms with Crippen LogP contribution >= 0.6 is 0 Å². The maximum atomic E-state index is 4.91. The molecular formula is C26H18N4Zn. The van der Waals surface area contributed by atoms with E-state index >= 15 is 0 Å². The van der Waals surface area contributed by atoms with Crippen LogP contribution in [-0.4, -0.2) is 19.9 Å². The van der Waals surface area contributed by atoms with Crippen molar-refractivity contribution in [2.75, 3.05) is 0 Å². The van der Waals surface area contributed by atoms with Crippen LogP contribution in [0.2, 0.25) is 0 Å². The van der Waals surface area contributed by atoms with E-state index in [0.717, 1.165) is 56.0 Å². The number of benzene rings is 1. The number of rotatable bonds is 1. The molecule has 0 fully saturated rings. The number of nitrogens with one attached hydrogen (secondary N) is 2. The van der Waals surface area contributed by atoms with Gasteiger partial charge in [-0.05, 0) is 72.3 Å². The number of fused-ring (bicyclic) bond motifs is 8. The molecule has 4 aromatic rings. The first-order valence-electron chi connectivity index (χ1n) is 9.93. The Morgan fingerprint density at radius 2 is 1.13 bits per heavy atom. The molecule has 5 heteroatoms.